The summed E-state index contributed by atoms with van der Waals surface area (Å²) in [6.07, 6.45) is 1.71. The summed E-state index contributed by atoms with van der Waals surface area (Å²) in [5.74, 6) is 0.539. The number of aryl methyl sites for hydroxylation is 1. The van der Waals surface area contributed by atoms with Crippen LogP contribution in [-0.2, 0) is 0 Å². The van der Waals surface area contributed by atoms with Gasteiger partial charge in [-0.2, -0.15) is 4.98 Å². The number of rotatable bonds is 6. The van der Waals surface area contributed by atoms with Crippen LogP contribution in [0, 0.1) is 6.92 Å². The van der Waals surface area contributed by atoms with Crippen molar-refractivity contribution in [3.8, 4) is 0 Å². The van der Waals surface area contributed by atoms with E-state index in [1.165, 1.54) is 0 Å². The number of carbonyl (C=O) groups is 1. The molecule has 5 N–H and O–H groups in total. The Morgan fingerprint density at radius 2 is 1.81 bits per heavy atom. The molecule has 4 aromatic rings. The first-order chi connectivity index (χ1) is 15.0. The van der Waals surface area contributed by atoms with Crippen molar-refractivity contribution in [3.63, 3.8) is 0 Å². The largest absolute Gasteiger partial charge is 0.417 e. The summed E-state index contributed by atoms with van der Waals surface area (Å²) in [6.45, 7) is 4.31. The molecule has 2 amide bonds. The number of oxazole rings is 1. The van der Waals surface area contributed by atoms with Gasteiger partial charge in [-0.25, -0.2) is 14.6 Å². The Bertz CT molecular complexity index is 1280. The van der Waals surface area contributed by atoms with Crippen LogP contribution in [0.5, 0.6) is 0 Å². The van der Waals surface area contributed by atoms with Gasteiger partial charge in [0.25, 0.3) is 0 Å². The van der Waals surface area contributed by atoms with Gasteiger partial charge in [-0.05, 0) is 56.3 Å². The molecule has 158 valence electrons. The standard InChI is InChI=1S/C21H21N7O3/c1-3-22-20(29)26-14-6-4-13(5-7-14)25-19-23-11-12(2)18(28-19)24-15-8-9-17-16(10-15)27-21(30)31-17/h4-11H,3H2,1-2H3,(H,27,30)(H2,22,26,29)(H2,23,24,25,28). The van der Waals surface area contributed by atoms with E-state index in [-0.39, 0.29) is 6.03 Å². The Morgan fingerprint density at radius 1 is 1.06 bits per heavy atom. The van der Waals surface area contributed by atoms with Gasteiger partial charge in [0, 0.05) is 35.4 Å². The smallest absolute Gasteiger partial charge is 0.408 e. The van der Waals surface area contributed by atoms with Gasteiger partial charge >= 0.3 is 11.8 Å². The van der Waals surface area contributed by atoms with Gasteiger partial charge in [0.05, 0.1) is 5.52 Å². The van der Waals surface area contributed by atoms with E-state index in [0.29, 0.717) is 35.1 Å². The van der Waals surface area contributed by atoms with Crippen LogP contribution in [0.2, 0.25) is 0 Å². The van der Waals surface area contributed by atoms with E-state index >= 15 is 0 Å². The molecule has 31 heavy (non-hydrogen) atoms. The zero-order valence-corrected chi connectivity index (χ0v) is 16.9. The van der Waals surface area contributed by atoms with Crippen molar-refractivity contribution in [2.45, 2.75) is 13.8 Å². The SMILES string of the molecule is CCNC(=O)Nc1ccc(Nc2ncc(C)c(Nc3ccc4oc(=O)[nH]c4c3)n2)cc1. The van der Waals surface area contributed by atoms with E-state index in [9.17, 15) is 9.59 Å². The summed E-state index contributed by atoms with van der Waals surface area (Å²) in [5, 5.41) is 11.8. The maximum Gasteiger partial charge on any atom is 0.417 e. The molecule has 0 unspecified atom stereocenters. The van der Waals surface area contributed by atoms with Crippen molar-refractivity contribution in [1.82, 2.24) is 20.3 Å². The normalized spacial score (nSPS) is 10.6. The highest BCUT2D eigenvalue weighted by atomic mass is 16.4. The molecule has 2 heterocycles. The monoisotopic (exact) mass is 419 g/mol. The number of H-pyrrole nitrogens is 1. The third kappa shape index (κ3) is 4.81. The van der Waals surface area contributed by atoms with Gasteiger partial charge in [0.1, 0.15) is 5.82 Å². The molecule has 0 saturated carbocycles. The molecule has 0 saturated heterocycles. The second-order valence-electron chi connectivity index (χ2n) is 6.76. The maximum absolute atomic E-state index is 11.6. The number of nitrogens with one attached hydrogen (secondary N) is 5. The number of amides is 2. The van der Waals surface area contributed by atoms with Crippen LogP contribution in [0.1, 0.15) is 12.5 Å². The third-order valence-corrected chi connectivity index (χ3v) is 4.39. The molecule has 0 bridgehead atoms. The fourth-order valence-corrected chi connectivity index (χ4v) is 2.90. The second kappa shape index (κ2) is 8.57. The molecule has 0 radical (unpaired) electrons. The van der Waals surface area contributed by atoms with E-state index < -0.39 is 5.76 Å². The van der Waals surface area contributed by atoms with Gasteiger partial charge in [-0.1, -0.05) is 0 Å². The molecule has 10 heteroatoms. The lowest BCUT2D eigenvalue weighted by Gasteiger charge is -2.11. The lowest BCUT2D eigenvalue weighted by molar-refractivity contribution is 0.252. The summed E-state index contributed by atoms with van der Waals surface area (Å²) < 4.78 is 5.02. The number of aromatic amines is 1. The molecule has 0 aliphatic rings. The molecule has 10 nitrogen and oxygen atoms in total. The highest BCUT2D eigenvalue weighted by Gasteiger charge is 2.08. The van der Waals surface area contributed by atoms with E-state index in [0.717, 1.165) is 16.9 Å². The Balaban J connectivity index is 1.48. The second-order valence-corrected chi connectivity index (χ2v) is 6.76. The molecule has 4 rings (SSSR count). The molecular weight excluding hydrogens is 398 g/mol. The van der Waals surface area contributed by atoms with Crippen LogP contribution in [0.15, 0.2) is 57.9 Å². The van der Waals surface area contributed by atoms with E-state index in [4.69, 9.17) is 4.42 Å². The summed E-state index contributed by atoms with van der Waals surface area (Å²) in [7, 11) is 0. The van der Waals surface area contributed by atoms with Crippen LogP contribution in [-0.4, -0.2) is 27.5 Å². The van der Waals surface area contributed by atoms with Gasteiger partial charge < -0.3 is 25.7 Å². The molecule has 2 aromatic heterocycles. The van der Waals surface area contributed by atoms with Gasteiger partial charge in [0.2, 0.25) is 5.95 Å². The van der Waals surface area contributed by atoms with Crippen molar-refractivity contribution in [3.05, 3.63) is 64.8 Å². The predicted molar refractivity (Wildman–Crippen MR) is 119 cm³/mol. The number of urea groups is 1. The van der Waals surface area contributed by atoms with Gasteiger partial charge in [-0.3, -0.25) is 4.98 Å². The highest BCUT2D eigenvalue weighted by molar-refractivity contribution is 5.89. The molecule has 0 spiro atoms. The zero-order valence-electron chi connectivity index (χ0n) is 16.9. The highest BCUT2D eigenvalue weighted by Crippen LogP contribution is 2.23. The zero-order chi connectivity index (χ0) is 21.8. The number of hydrogen-bond donors (Lipinski definition) is 5. The van der Waals surface area contributed by atoms with Crippen LogP contribution >= 0.6 is 0 Å². The van der Waals surface area contributed by atoms with Gasteiger partial charge in [0.15, 0.2) is 5.58 Å². The first kappa shape index (κ1) is 20.0. The minimum atomic E-state index is -0.496. The number of anilines is 5. The molecule has 2 aromatic carbocycles. The lowest BCUT2D eigenvalue weighted by atomic mass is 10.2. The minimum absolute atomic E-state index is 0.251. The van der Waals surface area contributed by atoms with Crippen LogP contribution in [0.25, 0.3) is 11.1 Å². The quantitative estimate of drug-likeness (QED) is 0.320. The van der Waals surface area contributed by atoms with Crippen molar-refractivity contribution < 1.29 is 9.21 Å². The average Bonchev–Trinajstić information content (AvgIpc) is 3.11. The van der Waals surface area contributed by atoms with Crippen molar-refractivity contribution in [2.24, 2.45) is 0 Å². The summed E-state index contributed by atoms with van der Waals surface area (Å²) in [4.78, 5) is 34.4. The summed E-state index contributed by atoms with van der Waals surface area (Å²) in [5.41, 5.74) is 4.14. The Labute approximate surface area is 177 Å². The number of carbonyl (C=O) groups excluding carboxylic acids is 1. The van der Waals surface area contributed by atoms with E-state index in [2.05, 4.69) is 36.2 Å². The number of fused-ring (bicyclic) bond motifs is 1. The summed E-state index contributed by atoms with van der Waals surface area (Å²) >= 11 is 0. The molecule has 0 aliphatic carbocycles. The molecular formula is C21H21N7O3. The van der Waals surface area contributed by atoms with Gasteiger partial charge in [-0.15, -0.1) is 0 Å². The molecule has 0 atom stereocenters. The first-order valence-electron chi connectivity index (χ1n) is 9.65. The Kier molecular flexibility index (Phi) is 5.52. The maximum atomic E-state index is 11.6. The number of nitrogens with zero attached hydrogens (tertiary/aromatic N) is 2. The number of aromatic nitrogens is 3. The fourth-order valence-electron chi connectivity index (χ4n) is 2.90. The lowest BCUT2D eigenvalue weighted by Crippen LogP contribution is -2.28. The minimum Gasteiger partial charge on any atom is -0.408 e. The Hall–Kier alpha value is -4.34. The van der Waals surface area contributed by atoms with E-state index in [1.54, 1.807) is 36.5 Å². The van der Waals surface area contributed by atoms with Crippen LogP contribution < -0.4 is 27.0 Å². The fraction of sp³-hybridized carbons (Fsp3) is 0.143. The first-order valence-corrected chi connectivity index (χ1v) is 9.65. The topological polar surface area (TPSA) is 137 Å². The van der Waals surface area contributed by atoms with E-state index in [1.807, 2.05) is 26.0 Å². The Morgan fingerprint density at radius 3 is 2.58 bits per heavy atom. The number of benzene rings is 2. The van der Waals surface area contributed by atoms with Crippen LogP contribution in [0.3, 0.4) is 0 Å². The van der Waals surface area contributed by atoms with Crippen molar-refractivity contribution in [1.29, 1.82) is 0 Å². The molecule has 0 aliphatic heterocycles. The molecule has 0 fully saturated rings. The predicted octanol–water partition coefficient (Wildman–Crippen LogP) is 3.85. The average molecular weight is 419 g/mol. The third-order valence-electron chi connectivity index (χ3n) is 4.39. The van der Waals surface area contributed by atoms with Crippen molar-refractivity contribution in [2.75, 3.05) is 22.5 Å². The van der Waals surface area contributed by atoms with Crippen LogP contribution in [0.4, 0.5) is 33.6 Å². The number of hydrogen-bond acceptors (Lipinski definition) is 7. The van der Waals surface area contributed by atoms with Crippen molar-refractivity contribution >= 4 is 46.0 Å². The summed E-state index contributed by atoms with van der Waals surface area (Å²) in [6, 6.07) is 12.2.